The number of nitrogens with zero attached hydrogens (tertiary/aromatic N) is 2. The third kappa shape index (κ3) is 3.62. The Morgan fingerprint density at radius 3 is 2.79 bits per heavy atom. The van der Waals surface area contributed by atoms with Crippen molar-refractivity contribution in [2.24, 2.45) is 0 Å². The van der Waals surface area contributed by atoms with Gasteiger partial charge in [0.25, 0.3) is 5.91 Å². The third-order valence-electron chi connectivity index (χ3n) is 4.57. The molecule has 1 saturated heterocycles. The number of benzene rings is 2. The van der Waals surface area contributed by atoms with E-state index in [2.05, 4.69) is 15.7 Å². The van der Waals surface area contributed by atoms with Crippen LogP contribution in [0.2, 0.25) is 0 Å². The highest BCUT2D eigenvalue weighted by molar-refractivity contribution is 6.02. The molecule has 0 saturated carbocycles. The van der Waals surface area contributed by atoms with E-state index in [0.717, 1.165) is 17.7 Å². The van der Waals surface area contributed by atoms with Crippen LogP contribution in [0.4, 0.5) is 14.5 Å². The lowest BCUT2D eigenvalue weighted by Gasteiger charge is -2.10. The van der Waals surface area contributed by atoms with Crippen molar-refractivity contribution in [3.05, 3.63) is 77.6 Å². The fraction of sp³-hybridized carbons (Fsp3) is 0.150. The molecule has 4 rings (SSSR count). The highest BCUT2D eigenvalue weighted by atomic mass is 19.1. The number of nitrogens with one attached hydrogen (secondary N) is 2. The minimum Gasteiger partial charge on any atom is -0.355 e. The quantitative estimate of drug-likeness (QED) is 0.728. The normalized spacial score (nSPS) is 16.1. The first-order chi connectivity index (χ1) is 13.5. The minimum atomic E-state index is -0.775. The second-order valence-electron chi connectivity index (χ2n) is 6.53. The molecule has 1 fully saturated rings. The van der Waals surface area contributed by atoms with E-state index in [-0.39, 0.29) is 23.2 Å². The molecule has 142 valence electrons. The lowest BCUT2D eigenvalue weighted by Crippen LogP contribution is -2.14. The molecule has 6 nitrogen and oxygen atoms in total. The molecule has 2 amide bonds. The summed E-state index contributed by atoms with van der Waals surface area (Å²) >= 11 is 0. The number of rotatable bonds is 4. The number of halogens is 2. The zero-order valence-corrected chi connectivity index (χ0v) is 14.7. The van der Waals surface area contributed by atoms with Gasteiger partial charge < -0.3 is 10.6 Å². The van der Waals surface area contributed by atoms with Crippen LogP contribution in [-0.2, 0) is 4.79 Å². The summed E-state index contributed by atoms with van der Waals surface area (Å²) in [6.45, 7) is 0.573. The maximum atomic E-state index is 13.9. The lowest BCUT2D eigenvalue weighted by atomic mass is 9.98. The van der Waals surface area contributed by atoms with Crippen molar-refractivity contribution in [3.8, 4) is 5.69 Å². The van der Waals surface area contributed by atoms with Gasteiger partial charge in [-0.05, 0) is 35.9 Å². The predicted molar refractivity (Wildman–Crippen MR) is 98.2 cm³/mol. The van der Waals surface area contributed by atoms with Gasteiger partial charge in [0, 0.05) is 36.8 Å². The minimum absolute atomic E-state index is 0.0120. The molecule has 1 aromatic heterocycles. The molecule has 2 heterocycles. The summed E-state index contributed by atoms with van der Waals surface area (Å²) in [4.78, 5) is 23.9. The number of amides is 2. The molecule has 0 radical (unpaired) electrons. The summed E-state index contributed by atoms with van der Waals surface area (Å²) in [6, 6.07) is 11.8. The molecular weight excluding hydrogens is 366 g/mol. The van der Waals surface area contributed by atoms with Gasteiger partial charge in [0.2, 0.25) is 5.91 Å². The van der Waals surface area contributed by atoms with Gasteiger partial charge in [0.15, 0.2) is 11.5 Å². The van der Waals surface area contributed by atoms with Gasteiger partial charge in [-0.3, -0.25) is 9.59 Å². The maximum Gasteiger partial charge on any atom is 0.276 e. The van der Waals surface area contributed by atoms with E-state index in [0.29, 0.717) is 18.7 Å². The van der Waals surface area contributed by atoms with Crippen molar-refractivity contribution >= 4 is 17.5 Å². The van der Waals surface area contributed by atoms with Gasteiger partial charge in [-0.2, -0.15) is 5.10 Å². The van der Waals surface area contributed by atoms with Crippen LogP contribution < -0.4 is 10.6 Å². The Hall–Kier alpha value is -3.55. The molecule has 0 spiro atoms. The number of hydrogen-bond donors (Lipinski definition) is 2. The first-order valence-electron chi connectivity index (χ1n) is 8.69. The molecule has 1 aliphatic rings. The second kappa shape index (κ2) is 7.22. The smallest absolute Gasteiger partial charge is 0.276 e. The molecule has 2 N–H and O–H groups in total. The fourth-order valence-corrected chi connectivity index (χ4v) is 3.15. The van der Waals surface area contributed by atoms with Crippen LogP contribution in [0.5, 0.6) is 0 Å². The van der Waals surface area contributed by atoms with E-state index in [1.165, 1.54) is 23.0 Å². The van der Waals surface area contributed by atoms with Crippen molar-refractivity contribution in [2.75, 3.05) is 11.9 Å². The first kappa shape index (κ1) is 17.8. The first-order valence-corrected chi connectivity index (χ1v) is 8.69. The van der Waals surface area contributed by atoms with Crippen LogP contribution >= 0.6 is 0 Å². The molecule has 0 bridgehead atoms. The number of aromatic nitrogens is 2. The van der Waals surface area contributed by atoms with E-state index in [9.17, 15) is 18.4 Å². The number of anilines is 1. The number of carbonyl (C=O) groups is 2. The maximum absolute atomic E-state index is 13.9. The van der Waals surface area contributed by atoms with Gasteiger partial charge in [0.05, 0.1) is 0 Å². The molecule has 28 heavy (non-hydrogen) atoms. The number of hydrogen-bond acceptors (Lipinski definition) is 3. The van der Waals surface area contributed by atoms with Gasteiger partial charge in [-0.1, -0.05) is 12.1 Å². The van der Waals surface area contributed by atoms with E-state index in [1.54, 1.807) is 12.1 Å². The Morgan fingerprint density at radius 1 is 1.18 bits per heavy atom. The monoisotopic (exact) mass is 382 g/mol. The lowest BCUT2D eigenvalue weighted by molar-refractivity contribution is -0.119. The highest BCUT2D eigenvalue weighted by Gasteiger charge is 2.23. The van der Waals surface area contributed by atoms with E-state index in [4.69, 9.17) is 0 Å². The average molecular weight is 382 g/mol. The van der Waals surface area contributed by atoms with Crippen molar-refractivity contribution in [2.45, 2.75) is 12.3 Å². The van der Waals surface area contributed by atoms with Crippen LogP contribution in [0.1, 0.15) is 28.4 Å². The fourth-order valence-electron chi connectivity index (χ4n) is 3.15. The summed E-state index contributed by atoms with van der Waals surface area (Å²) in [5.41, 5.74) is 1.66. The molecule has 8 heteroatoms. The van der Waals surface area contributed by atoms with Crippen LogP contribution in [-0.4, -0.2) is 28.1 Å². The molecule has 1 aliphatic heterocycles. The molecule has 1 atom stereocenters. The van der Waals surface area contributed by atoms with E-state index < -0.39 is 17.5 Å². The zero-order chi connectivity index (χ0) is 19.7. The van der Waals surface area contributed by atoms with Crippen LogP contribution in [0, 0.1) is 11.6 Å². The Bertz CT molecular complexity index is 1060. The zero-order valence-electron chi connectivity index (χ0n) is 14.7. The molecular formula is C20H16F2N4O2. The number of carbonyl (C=O) groups excluding carboxylic acids is 2. The van der Waals surface area contributed by atoms with E-state index >= 15 is 0 Å². The Morgan fingerprint density at radius 2 is 2.04 bits per heavy atom. The van der Waals surface area contributed by atoms with Gasteiger partial charge in [-0.25, -0.2) is 13.5 Å². The van der Waals surface area contributed by atoms with Crippen molar-refractivity contribution in [1.82, 2.24) is 15.1 Å². The Kier molecular flexibility index (Phi) is 4.60. The average Bonchev–Trinajstić information content (AvgIpc) is 3.31. The predicted octanol–water partition coefficient (Wildman–Crippen LogP) is 3.01. The highest BCUT2D eigenvalue weighted by Crippen LogP contribution is 2.25. The van der Waals surface area contributed by atoms with Crippen molar-refractivity contribution < 1.29 is 18.4 Å². The Balaban J connectivity index is 1.50. The van der Waals surface area contributed by atoms with Gasteiger partial charge in [-0.15, -0.1) is 0 Å². The molecule has 0 aliphatic carbocycles. The standard InChI is InChI=1S/C20H16F2N4O2/c21-14-4-5-18(16(22)10-14)26-7-6-17(25-26)20(28)24-15-3-1-2-12(8-15)13-9-19(27)23-11-13/h1-8,10,13H,9,11H2,(H,23,27)(H,24,28). The van der Waals surface area contributed by atoms with Crippen LogP contribution in [0.15, 0.2) is 54.7 Å². The summed E-state index contributed by atoms with van der Waals surface area (Å²) in [7, 11) is 0. The van der Waals surface area contributed by atoms with Gasteiger partial charge >= 0.3 is 0 Å². The Labute approximate surface area is 159 Å². The third-order valence-corrected chi connectivity index (χ3v) is 4.57. The summed E-state index contributed by atoms with van der Waals surface area (Å²) in [5.74, 6) is -1.84. The van der Waals surface area contributed by atoms with Crippen molar-refractivity contribution in [1.29, 1.82) is 0 Å². The second-order valence-corrected chi connectivity index (χ2v) is 6.53. The SMILES string of the molecule is O=C1CC(c2cccc(NC(=O)c3ccn(-c4ccc(F)cc4F)n3)c2)CN1. The molecule has 3 aromatic rings. The van der Waals surface area contributed by atoms with Gasteiger partial charge in [0.1, 0.15) is 11.5 Å². The van der Waals surface area contributed by atoms with Crippen LogP contribution in [0.25, 0.3) is 5.69 Å². The summed E-state index contributed by atoms with van der Waals surface area (Å²) < 4.78 is 28.1. The summed E-state index contributed by atoms with van der Waals surface area (Å²) in [5, 5.41) is 9.60. The molecule has 1 unspecified atom stereocenters. The van der Waals surface area contributed by atoms with Crippen LogP contribution in [0.3, 0.4) is 0 Å². The molecule has 2 aromatic carbocycles. The summed E-state index contributed by atoms with van der Waals surface area (Å²) in [6.07, 6.45) is 1.85. The van der Waals surface area contributed by atoms with Crippen molar-refractivity contribution in [3.63, 3.8) is 0 Å². The largest absolute Gasteiger partial charge is 0.355 e. The topological polar surface area (TPSA) is 76.0 Å². The van der Waals surface area contributed by atoms with E-state index in [1.807, 2.05) is 12.1 Å².